The van der Waals surface area contributed by atoms with Crippen LogP contribution in [0.1, 0.15) is 34.2 Å². The van der Waals surface area contributed by atoms with Gasteiger partial charge in [-0.3, -0.25) is 19.5 Å². The van der Waals surface area contributed by atoms with Crippen molar-refractivity contribution in [3.05, 3.63) is 29.6 Å². The summed E-state index contributed by atoms with van der Waals surface area (Å²) in [5.41, 5.74) is 0.492. The molecule has 5 heteroatoms. The average molecular weight is 220 g/mol. The van der Waals surface area contributed by atoms with Gasteiger partial charge in [-0.2, -0.15) is 0 Å². The third kappa shape index (κ3) is 1.59. The van der Waals surface area contributed by atoms with Crippen molar-refractivity contribution < 1.29 is 14.7 Å². The number of hydrogen-bond acceptors (Lipinski definition) is 4. The van der Waals surface area contributed by atoms with Gasteiger partial charge in [-0.1, -0.05) is 6.92 Å². The van der Waals surface area contributed by atoms with Gasteiger partial charge in [-0.25, -0.2) is 0 Å². The second-order valence-electron chi connectivity index (χ2n) is 3.68. The summed E-state index contributed by atoms with van der Waals surface area (Å²) in [5.74, 6) is -0.797. The Balaban J connectivity index is 2.28. The predicted molar refractivity (Wildman–Crippen MR) is 55.9 cm³/mol. The quantitative estimate of drug-likeness (QED) is 0.751. The molecule has 0 aromatic carbocycles. The fourth-order valence-corrected chi connectivity index (χ4v) is 1.62. The van der Waals surface area contributed by atoms with E-state index in [0.717, 1.165) is 4.90 Å². The number of rotatable bonds is 3. The Hall–Kier alpha value is -1.75. The van der Waals surface area contributed by atoms with Gasteiger partial charge in [-0.05, 0) is 18.6 Å². The van der Waals surface area contributed by atoms with Gasteiger partial charge in [0.05, 0.1) is 18.2 Å². The molecule has 0 fully saturated rings. The molecule has 16 heavy (non-hydrogen) atoms. The molecule has 84 valence electrons. The van der Waals surface area contributed by atoms with E-state index >= 15 is 0 Å². The molecule has 1 aliphatic heterocycles. The highest BCUT2D eigenvalue weighted by molar-refractivity contribution is 6.20. The first-order valence-electron chi connectivity index (χ1n) is 5.14. The van der Waals surface area contributed by atoms with Gasteiger partial charge in [0, 0.05) is 6.20 Å². The molecule has 1 aromatic rings. The molecule has 0 bridgehead atoms. The number of β-amino-alcohol motifs (C(OH)–C–C–N with tert-alkyl or cyclic N) is 1. The van der Waals surface area contributed by atoms with Crippen molar-refractivity contribution in [1.82, 2.24) is 9.88 Å². The van der Waals surface area contributed by atoms with Crippen LogP contribution in [-0.4, -0.2) is 39.5 Å². The van der Waals surface area contributed by atoms with Crippen molar-refractivity contribution in [2.45, 2.75) is 19.4 Å². The Labute approximate surface area is 92.7 Å². The standard InChI is InChI=1S/C11H12N2O3/c1-2-7(14)6-13-10(15)8-4-3-5-12-9(8)11(13)16/h3-5,7,14H,2,6H2,1H3. The van der Waals surface area contributed by atoms with Gasteiger partial charge in [0.25, 0.3) is 11.8 Å². The Kier molecular flexibility index (Phi) is 2.70. The van der Waals surface area contributed by atoms with E-state index in [-0.39, 0.29) is 18.1 Å². The first-order valence-corrected chi connectivity index (χ1v) is 5.14. The van der Waals surface area contributed by atoms with Crippen molar-refractivity contribution in [2.24, 2.45) is 0 Å². The van der Waals surface area contributed by atoms with Crippen molar-refractivity contribution >= 4 is 11.8 Å². The molecule has 1 atom stereocenters. The highest BCUT2D eigenvalue weighted by atomic mass is 16.3. The number of aliphatic hydroxyl groups is 1. The van der Waals surface area contributed by atoms with Crippen molar-refractivity contribution in [3.63, 3.8) is 0 Å². The highest BCUT2D eigenvalue weighted by Gasteiger charge is 2.37. The molecule has 1 unspecified atom stereocenters. The topological polar surface area (TPSA) is 70.5 Å². The minimum Gasteiger partial charge on any atom is -0.391 e. The maximum atomic E-state index is 11.8. The first kappa shape index (κ1) is 10.8. The van der Waals surface area contributed by atoms with Crippen LogP contribution in [-0.2, 0) is 0 Å². The van der Waals surface area contributed by atoms with Gasteiger partial charge in [-0.15, -0.1) is 0 Å². The van der Waals surface area contributed by atoms with E-state index in [2.05, 4.69) is 4.98 Å². The molecule has 2 amide bonds. The zero-order chi connectivity index (χ0) is 11.7. The molecule has 0 saturated carbocycles. The minimum atomic E-state index is -0.679. The Bertz CT molecular complexity index is 410. The van der Waals surface area contributed by atoms with E-state index < -0.39 is 12.0 Å². The monoisotopic (exact) mass is 220 g/mol. The summed E-state index contributed by atoms with van der Waals surface area (Å²) in [6.45, 7) is 1.83. The van der Waals surface area contributed by atoms with Crippen molar-refractivity contribution in [3.8, 4) is 0 Å². The molecule has 1 N–H and O–H groups in total. The number of hydrogen-bond donors (Lipinski definition) is 1. The van der Waals surface area contributed by atoms with Crippen LogP contribution in [0.3, 0.4) is 0 Å². The molecule has 2 heterocycles. The summed E-state index contributed by atoms with van der Waals surface area (Å²) in [4.78, 5) is 28.5. The Morgan fingerprint density at radius 3 is 2.81 bits per heavy atom. The van der Waals surface area contributed by atoms with Gasteiger partial charge in [0.1, 0.15) is 5.69 Å². The van der Waals surface area contributed by atoms with Gasteiger partial charge < -0.3 is 5.11 Å². The molecule has 1 aliphatic rings. The van der Waals surface area contributed by atoms with Crippen LogP contribution in [0.4, 0.5) is 0 Å². The summed E-state index contributed by atoms with van der Waals surface area (Å²) in [6, 6.07) is 3.19. The highest BCUT2D eigenvalue weighted by Crippen LogP contribution is 2.20. The van der Waals surface area contributed by atoms with Crippen LogP contribution in [0.25, 0.3) is 0 Å². The molecule has 0 saturated heterocycles. The number of carbonyl (C=O) groups excluding carboxylic acids is 2. The summed E-state index contributed by atoms with van der Waals surface area (Å²) in [6.07, 6.45) is 1.30. The molecule has 0 aliphatic carbocycles. The summed E-state index contributed by atoms with van der Waals surface area (Å²) in [5, 5.41) is 9.47. The molecule has 0 spiro atoms. The second-order valence-corrected chi connectivity index (χ2v) is 3.68. The van der Waals surface area contributed by atoms with Crippen LogP contribution < -0.4 is 0 Å². The number of carbonyl (C=O) groups is 2. The van der Waals surface area contributed by atoms with E-state index in [1.54, 1.807) is 19.1 Å². The summed E-state index contributed by atoms with van der Waals surface area (Å²) < 4.78 is 0. The Morgan fingerprint density at radius 2 is 2.19 bits per heavy atom. The minimum absolute atomic E-state index is 0.0323. The largest absolute Gasteiger partial charge is 0.391 e. The second kappa shape index (κ2) is 4.02. The van der Waals surface area contributed by atoms with E-state index in [1.165, 1.54) is 6.20 Å². The Morgan fingerprint density at radius 1 is 1.44 bits per heavy atom. The molecular formula is C11H12N2O3. The van der Waals surface area contributed by atoms with E-state index in [4.69, 9.17) is 0 Å². The number of amides is 2. The zero-order valence-corrected chi connectivity index (χ0v) is 8.88. The van der Waals surface area contributed by atoms with E-state index in [1.807, 2.05) is 0 Å². The van der Waals surface area contributed by atoms with Gasteiger partial charge in [0.15, 0.2) is 0 Å². The SMILES string of the molecule is CCC(O)CN1C(=O)c2cccnc2C1=O. The van der Waals surface area contributed by atoms with Crippen LogP contribution in [0, 0.1) is 0 Å². The molecular weight excluding hydrogens is 208 g/mol. The fraction of sp³-hybridized carbons (Fsp3) is 0.364. The number of imide groups is 1. The maximum absolute atomic E-state index is 11.8. The number of fused-ring (bicyclic) bond motifs is 1. The van der Waals surface area contributed by atoms with Crippen molar-refractivity contribution in [2.75, 3.05) is 6.54 Å². The predicted octanol–water partition coefficient (Wildman–Crippen LogP) is 0.449. The lowest BCUT2D eigenvalue weighted by Crippen LogP contribution is -2.36. The lowest BCUT2D eigenvalue weighted by Gasteiger charge is -2.16. The molecule has 5 nitrogen and oxygen atoms in total. The van der Waals surface area contributed by atoms with Crippen LogP contribution >= 0.6 is 0 Å². The van der Waals surface area contributed by atoms with Gasteiger partial charge in [0.2, 0.25) is 0 Å². The number of nitrogens with zero attached hydrogens (tertiary/aromatic N) is 2. The number of aromatic nitrogens is 1. The van der Waals surface area contributed by atoms with Gasteiger partial charge >= 0.3 is 0 Å². The number of aliphatic hydroxyl groups excluding tert-OH is 1. The fourth-order valence-electron chi connectivity index (χ4n) is 1.62. The van der Waals surface area contributed by atoms with Crippen LogP contribution in [0.5, 0.6) is 0 Å². The van der Waals surface area contributed by atoms with Crippen molar-refractivity contribution in [1.29, 1.82) is 0 Å². The average Bonchev–Trinajstić information content (AvgIpc) is 2.55. The number of pyridine rings is 1. The molecule has 0 radical (unpaired) electrons. The summed E-state index contributed by atoms with van der Waals surface area (Å²) in [7, 11) is 0. The van der Waals surface area contributed by atoms with Crippen LogP contribution in [0.15, 0.2) is 18.3 Å². The zero-order valence-electron chi connectivity index (χ0n) is 8.88. The lowest BCUT2D eigenvalue weighted by molar-refractivity contribution is 0.0538. The normalized spacial score (nSPS) is 16.5. The summed E-state index contributed by atoms with van der Waals surface area (Å²) >= 11 is 0. The molecule has 1 aromatic heterocycles. The molecule has 2 rings (SSSR count). The van der Waals surface area contributed by atoms with Crippen LogP contribution in [0.2, 0.25) is 0 Å². The third-order valence-electron chi connectivity index (χ3n) is 2.60. The smallest absolute Gasteiger partial charge is 0.280 e. The first-order chi connectivity index (χ1) is 7.65. The van der Waals surface area contributed by atoms with E-state index in [9.17, 15) is 14.7 Å². The third-order valence-corrected chi connectivity index (χ3v) is 2.60. The lowest BCUT2D eigenvalue weighted by atomic mass is 10.2. The van der Waals surface area contributed by atoms with E-state index in [0.29, 0.717) is 12.0 Å². The maximum Gasteiger partial charge on any atom is 0.280 e.